The molecule has 5 nitrogen and oxygen atoms in total. The van der Waals surface area contributed by atoms with E-state index in [1.54, 1.807) is 18.9 Å². The van der Waals surface area contributed by atoms with Crippen molar-refractivity contribution in [1.29, 1.82) is 5.26 Å². The number of aromatic nitrogens is 3. The van der Waals surface area contributed by atoms with Crippen LogP contribution in [0.15, 0.2) is 5.16 Å². The molecule has 0 saturated heterocycles. The van der Waals surface area contributed by atoms with Crippen LogP contribution in [0.3, 0.4) is 0 Å². The number of nitriles is 1. The summed E-state index contributed by atoms with van der Waals surface area (Å²) in [5.41, 5.74) is 8.31. The van der Waals surface area contributed by atoms with Crippen LogP contribution >= 0.6 is 11.8 Å². The molecular weight excluding hydrogens is 380 g/mol. The van der Waals surface area contributed by atoms with Crippen molar-refractivity contribution in [2.75, 3.05) is 7.11 Å². The van der Waals surface area contributed by atoms with Gasteiger partial charge in [-0.05, 0) is 93.7 Å². The third-order valence-corrected chi connectivity index (χ3v) is 7.79. The summed E-state index contributed by atoms with van der Waals surface area (Å²) < 4.78 is 7.76. The van der Waals surface area contributed by atoms with Gasteiger partial charge >= 0.3 is 0 Å². The summed E-state index contributed by atoms with van der Waals surface area (Å²) in [6.07, 6.45) is 4.83. The third-order valence-electron chi connectivity index (χ3n) is 6.82. The summed E-state index contributed by atoms with van der Waals surface area (Å²) in [6, 6.07) is 2.61. The van der Waals surface area contributed by atoms with Crippen LogP contribution in [-0.4, -0.2) is 28.0 Å². The molecule has 0 N–H and O–H groups in total. The van der Waals surface area contributed by atoms with Crippen LogP contribution in [0.2, 0.25) is 0 Å². The third kappa shape index (κ3) is 4.36. The fraction of sp³-hybridized carbons (Fsp3) is 0.609. The van der Waals surface area contributed by atoms with Gasteiger partial charge in [0.05, 0.1) is 18.6 Å². The Morgan fingerprint density at radius 2 is 1.55 bits per heavy atom. The Morgan fingerprint density at radius 1 is 0.966 bits per heavy atom. The van der Waals surface area contributed by atoms with Crippen molar-refractivity contribution in [3.05, 3.63) is 39.2 Å². The number of thioether (sulfide) groups is 1. The molecule has 29 heavy (non-hydrogen) atoms. The first kappa shape index (κ1) is 21.9. The molecule has 0 aliphatic heterocycles. The number of nitrogens with zero attached hydrogens (tertiary/aromatic N) is 4. The zero-order valence-corrected chi connectivity index (χ0v) is 19.3. The number of benzene rings is 1. The Labute approximate surface area is 178 Å². The van der Waals surface area contributed by atoms with Crippen LogP contribution < -0.4 is 0 Å². The predicted molar refractivity (Wildman–Crippen MR) is 117 cm³/mol. The van der Waals surface area contributed by atoms with Crippen LogP contribution in [0.4, 0.5) is 0 Å². The minimum atomic E-state index is 0.304. The smallest absolute Gasteiger partial charge is 0.191 e. The van der Waals surface area contributed by atoms with E-state index in [-0.39, 0.29) is 0 Å². The summed E-state index contributed by atoms with van der Waals surface area (Å²) in [7, 11) is 1.79. The van der Waals surface area contributed by atoms with E-state index in [1.165, 1.54) is 33.4 Å². The van der Waals surface area contributed by atoms with E-state index in [0.717, 1.165) is 42.4 Å². The molecule has 1 aromatic heterocycles. The van der Waals surface area contributed by atoms with E-state index >= 15 is 0 Å². The van der Waals surface area contributed by atoms with Gasteiger partial charge in [-0.25, -0.2) is 0 Å². The maximum absolute atomic E-state index is 9.24. The van der Waals surface area contributed by atoms with Crippen molar-refractivity contribution in [1.82, 2.24) is 14.8 Å². The van der Waals surface area contributed by atoms with Crippen molar-refractivity contribution in [3.8, 4) is 6.07 Å². The van der Waals surface area contributed by atoms with E-state index < -0.39 is 0 Å². The van der Waals surface area contributed by atoms with E-state index in [9.17, 15) is 5.26 Å². The molecule has 2 aromatic rings. The highest BCUT2D eigenvalue weighted by molar-refractivity contribution is 7.98. The standard InChI is InChI=1S/C23H32N4OS/c1-14-15(2)17(4)21(18(5)16(14)3)13-29-23-26-25-22(11-12-24)27(23)19-7-9-20(28-6)10-8-19/h19-20H,7-11,13H2,1-6H3. The van der Waals surface area contributed by atoms with Crippen LogP contribution in [0.5, 0.6) is 0 Å². The van der Waals surface area contributed by atoms with Gasteiger partial charge in [0.1, 0.15) is 5.82 Å². The summed E-state index contributed by atoms with van der Waals surface area (Å²) >= 11 is 1.75. The molecule has 1 aliphatic carbocycles. The minimum absolute atomic E-state index is 0.304. The average Bonchev–Trinajstić information content (AvgIpc) is 3.13. The molecule has 0 atom stereocenters. The van der Waals surface area contributed by atoms with Crippen molar-refractivity contribution in [3.63, 3.8) is 0 Å². The van der Waals surface area contributed by atoms with Gasteiger partial charge in [0, 0.05) is 18.9 Å². The second-order valence-electron chi connectivity index (χ2n) is 8.16. The first-order chi connectivity index (χ1) is 13.9. The fourth-order valence-corrected chi connectivity index (χ4v) is 5.63. The first-order valence-corrected chi connectivity index (χ1v) is 11.4. The van der Waals surface area contributed by atoms with Gasteiger partial charge in [-0.1, -0.05) is 11.8 Å². The molecule has 1 aromatic carbocycles. The molecule has 0 bridgehead atoms. The van der Waals surface area contributed by atoms with Crippen LogP contribution in [0.25, 0.3) is 0 Å². The quantitative estimate of drug-likeness (QED) is 0.602. The molecular formula is C23H32N4OS. The van der Waals surface area contributed by atoms with Crippen LogP contribution in [0.1, 0.15) is 70.9 Å². The Balaban J connectivity index is 1.87. The van der Waals surface area contributed by atoms with Crippen molar-refractivity contribution in [2.45, 2.75) is 89.8 Å². The number of hydrogen-bond acceptors (Lipinski definition) is 5. The Kier molecular flexibility index (Phi) is 7.02. The van der Waals surface area contributed by atoms with E-state index in [0.29, 0.717) is 18.6 Å². The normalized spacial score (nSPS) is 19.3. The molecule has 0 spiro atoms. The van der Waals surface area contributed by atoms with Gasteiger partial charge in [0.25, 0.3) is 0 Å². The number of ether oxygens (including phenoxy) is 1. The number of hydrogen-bond donors (Lipinski definition) is 0. The van der Waals surface area contributed by atoms with E-state index in [4.69, 9.17) is 4.74 Å². The lowest BCUT2D eigenvalue weighted by Gasteiger charge is -2.29. The lowest BCUT2D eigenvalue weighted by atomic mass is 9.90. The molecule has 6 heteroatoms. The van der Waals surface area contributed by atoms with E-state index in [2.05, 4.69) is 55.5 Å². The molecule has 1 fully saturated rings. The first-order valence-electron chi connectivity index (χ1n) is 10.4. The van der Waals surface area contributed by atoms with Crippen molar-refractivity contribution >= 4 is 11.8 Å². The van der Waals surface area contributed by atoms with Gasteiger partial charge in [-0.15, -0.1) is 10.2 Å². The van der Waals surface area contributed by atoms with Gasteiger partial charge < -0.3 is 9.30 Å². The zero-order chi connectivity index (χ0) is 21.1. The number of methoxy groups -OCH3 is 1. The second kappa shape index (κ2) is 9.32. The fourth-order valence-electron chi connectivity index (χ4n) is 4.43. The summed E-state index contributed by atoms with van der Waals surface area (Å²) in [6.45, 7) is 11.1. The molecule has 156 valence electrons. The van der Waals surface area contributed by atoms with Gasteiger partial charge in [-0.2, -0.15) is 5.26 Å². The van der Waals surface area contributed by atoms with Gasteiger partial charge in [-0.3, -0.25) is 0 Å². The molecule has 1 heterocycles. The highest BCUT2D eigenvalue weighted by atomic mass is 32.2. The molecule has 0 amide bonds. The Bertz CT molecular complexity index is 891. The Hall–Kier alpha value is -1.84. The van der Waals surface area contributed by atoms with Crippen LogP contribution in [0, 0.1) is 45.9 Å². The molecule has 1 saturated carbocycles. The SMILES string of the molecule is COC1CCC(n2c(CC#N)nnc2SCc2c(C)c(C)c(C)c(C)c2C)CC1. The summed E-state index contributed by atoms with van der Waals surface area (Å²) in [4.78, 5) is 0. The van der Waals surface area contributed by atoms with Crippen LogP contribution in [-0.2, 0) is 16.9 Å². The summed E-state index contributed by atoms with van der Waals surface area (Å²) in [5, 5.41) is 19.0. The Morgan fingerprint density at radius 3 is 2.10 bits per heavy atom. The zero-order valence-electron chi connectivity index (χ0n) is 18.5. The topological polar surface area (TPSA) is 63.7 Å². The molecule has 0 unspecified atom stereocenters. The lowest BCUT2D eigenvalue weighted by Crippen LogP contribution is -2.24. The average molecular weight is 413 g/mol. The van der Waals surface area contributed by atoms with Gasteiger partial charge in [0.15, 0.2) is 5.16 Å². The van der Waals surface area contributed by atoms with E-state index in [1.807, 2.05) is 0 Å². The monoisotopic (exact) mass is 412 g/mol. The lowest BCUT2D eigenvalue weighted by molar-refractivity contribution is 0.0570. The van der Waals surface area contributed by atoms with Crippen molar-refractivity contribution < 1.29 is 4.74 Å². The second-order valence-corrected chi connectivity index (χ2v) is 9.10. The maximum atomic E-state index is 9.24. The predicted octanol–water partition coefficient (Wildman–Crippen LogP) is 5.31. The van der Waals surface area contributed by atoms with Gasteiger partial charge in [0.2, 0.25) is 0 Å². The summed E-state index contributed by atoms with van der Waals surface area (Å²) in [5.74, 6) is 1.66. The number of rotatable bonds is 6. The maximum Gasteiger partial charge on any atom is 0.191 e. The molecule has 3 rings (SSSR count). The molecule has 0 radical (unpaired) electrons. The highest BCUT2D eigenvalue weighted by Crippen LogP contribution is 2.36. The molecule has 1 aliphatic rings. The minimum Gasteiger partial charge on any atom is -0.381 e. The van der Waals surface area contributed by atoms with Crippen molar-refractivity contribution in [2.24, 2.45) is 0 Å². The highest BCUT2D eigenvalue weighted by Gasteiger charge is 2.27. The largest absolute Gasteiger partial charge is 0.381 e.